The van der Waals surface area contributed by atoms with Gasteiger partial charge in [0, 0.05) is 0 Å². The molecule has 0 aliphatic carbocycles. The monoisotopic (exact) mass is 252 g/mol. The fourth-order valence-electron chi connectivity index (χ4n) is 2.18. The molecule has 0 bridgehead atoms. The van der Waals surface area contributed by atoms with Crippen molar-refractivity contribution in [2.24, 2.45) is 11.8 Å². The second-order valence-corrected chi connectivity index (χ2v) is 5.15. The van der Waals surface area contributed by atoms with Crippen molar-refractivity contribution in [3.63, 3.8) is 0 Å². The summed E-state index contributed by atoms with van der Waals surface area (Å²) in [5, 5.41) is 0. The summed E-state index contributed by atoms with van der Waals surface area (Å²) in [6.45, 7) is 12.2. The summed E-state index contributed by atoms with van der Waals surface area (Å²) in [5.74, 6) is 0.539. The van der Waals surface area contributed by atoms with Crippen molar-refractivity contribution in [1.82, 2.24) is 0 Å². The predicted octanol–water partition coefficient (Wildman–Crippen LogP) is 6.21. The van der Waals surface area contributed by atoms with Crippen molar-refractivity contribution in [3.05, 3.63) is 36.2 Å². The van der Waals surface area contributed by atoms with E-state index in [1.807, 2.05) is 6.92 Å². The van der Waals surface area contributed by atoms with Crippen LogP contribution < -0.4 is 0 Å². The Morgan fingerprint density at radius 3 is 2.33 bits per heavy atom. The molecule has 0 rings (SSSR count). The molecule has 0 heterocycles. The largest absolute Gasteiger partial charge is 0.207 e. The van der Waals surface area contributed by atoms with E-state index >= 15 is 0 Å². The van der Waals surface area contributed by atoms with E-state index in [0.717, 1.165) is 12.8 Å². The number of unbranched alkanes of at least 4 members (excludes halogenated alkanes) is 1. The summed E-state index contributed by atoms with van der Waals surface area (Å²) >= 11 is 0. The minimum atomic E-state index is -0.226. The van der Waals surface area contributed by atoms with Gasteiger partial charge >= 0.3 is 0 Å². The van der Waals surface area contributed by atoms with E-state index in [-0.39, 0.29) is 11.7 Å². The third kappa shape index (κ3) is 7.47. The average molecular weight is 252 g/mol. The van der Waals surface area contributed by atoms with Gasteiger partial charge in [-0.3, -0.25) is 0 Å². The van der Waals surface area contributed by atoms with Gasteiger partial charge in [-0.25, -0.2) is 4.39 Å². The van der Waals surface area contributed by atoms with E-state index in [4.69, 9.17) is 0 Å². The smallest absolute Gasteiger partial charge is 0.119 e. The normalized spacial score (nSPS) is 16.5. The predicted molar refractivity (Wildman–Crippen MR) is 80.2 cm³/mol. The van der Waals surface area contributed by atoms with E-state index in [1.165, 1.54) is 30.9 Å². The van der Waals surface area contributed by atoms with Crippen molar-refractivity contribution >= 4 is 0 Å². The van der Waals surface area contributed by atoms with Crippen LogP contribution in [0.15, 0.2) is 36.2 Å². The molecule has 0 saturated carbocycles. The molecule has 0 aromatic carbocycles. The number of hydrogen-bond acceptors (Lipinski definition) is 0. The first-order chi connectivity index (χ1) is 8.54. The van der Waals surface area contributed by atoms with Crippen LogP contribution in [0.1, 0.15) is 59.8 Å². The quantitative estimate of drug-likeness (QED) is 0.338. The zero-order chi connectivity index (χ0) is 14.0. The zero-order valence-corrected chi connectivity index (χ0v) is 12.5. The molecular formula is C17H29F. The van der Waals surface area contributed by atoms with E-state index in [0.29, 0.717) is 5.92 Å². The summed E-state index contributed by atoms with van der Waals surface area (Å²) in [5.41, 5.74) is 1.48. The fourth-order valence-corrected chi connectivity index (χ4v) is 2.18. The van der Waals surface area contributed by atoms with Crippen LogP contribution in [-0.4, -0.2) is 0 Å². The van der Waals surface area contributed by atoms with Gasteiger partial charge in [0.05, 0.1) is 0 Å². The molecule has 2 unspecified atom stereocenters. The minimum Gasteiger partial charge on any atom is -0.207 e. The van der Waals surface area contributed by atoms with Crippen molar-refractivity contribution in [2.75, 3.05) is 0 Å². The van der Waals surface area contributed by atoms with Gasteiger partial charge in [-0.15, -0.1) is 0 Å². The maximum Gasteiger partial charge on any atom is 0.119 e. The van der Waals surface area contributed by atoms with Gasteiger partial charge < -0.3 is 0 Å². The molecule has 1 heteroatoms. The number of halogens is 1. The summed E-state index contributed by atoms with van der Waals surface area (Å²) in [7, 11) is 0. The topological polar surface area (TPSA) is 0 Å². The van der Waals surface area contributed by atoms with Gasteiger partial charge in [0.1, 0.15) is 5.83 Å². The van der Waals surface area contributed by atoms with Crippen LogP contribution in [0.25, 0.3) is 0 Å². The fraction of sp³-hybridized carbons (Fsp3) is 0.647. The standard InChI is InChI=1S/C17H29F/c1-6-9-11-15(5)16(10-7-2)12-14(4)13-17(18)8-3/h8,12-15H,3,6-7,9-11H2,1-2,4-5H3/b16-12-,17-13+. The summed E-state index contributed by atoms with van der Waals surface area (Å²) in [6, 6.07) is 0. The first-order valence-electron chi connectivity index (χ1n) is 7.25. The third-order valence-corrected chi connectivity index (χ3v) is 3.26. The molecule has 0 saturated heterocycles. The van der Waals surface area contributed by atoms with Gasteiger partial charge in [-0.05, 0) is 36.8 Å². The Bertz CT molecular complexity index is 286. The number of hydrogen-bond donors (Lipinski definition) is 0. The van der Waals surface area contributed by atoms with Gasteiger partial charge in [0.2, 0.25) is 0 Å². The Balaban J connectivity index is 4.69. The van der Waals surface area contributed by atoms with E-state index in [2.05, 4.69) is 33.4 Å². The highest BCUT2D eigenvalue weighted by atomic mass is 19.1. The van der Waals surface area contributed by atoms with Gasteiger partial charge in [0.25, 0.3) is 0 Å². The molecule has 0 spiro atoms. The van der Waals surface area contributed by atoms with E-state index in [9.17, 15) is 4.39 Å². The highest BCUT2D eigenvalue weighted by molar-refractivity contribution is 5.16. The van der Waals surface area contributed by atoms with Crippen LogP contribution in [0.4, 0.5) is 4.39 Å². The van der Waals surface area contributed by atoms with Crippen molar-refractivity contribution in [3.8, 4) is 0 Å². The molecule has 0 aliphatic heterocycles. The Kier molecular flexibility index (Phi) is 9.63. The lowest BCUT2D eigenvalue weighted by Gasteiger charge is -2.17. The maximum absolute atomic E-state index is 13.1. The second-order valence-electron chi connectivity index (χ2n) is 5.15. The highest BCUT2D eigenvalue weighted by Crippen LogP contribution is 2.24. The Morgan fingerprint density at radius 1 is 1.17 bits per heavy atom. The Hall–Kier alpha value is -0.850. The van der Waals surface area contributed by atoms with Crippen molar-refractivity contribution in [1.29, 1.82) is 0 Å². The molecule has 0 aromatic rings. The molecule has 0 nitrogen and oxygen atoms in total. The molecule has 0 aromatic heterocycles. The molecule has 0 amide bonds. The first kappa shape index (κ1) is 17.2. The number of rotatable bonds is 9. The molecule has 18 heavy (non-hydrogen) atoms. The maximum atomic E-state index is 13.1. The van der Waals surface area contributed by atoms with E-state index < -0.39 is 0 Å². The van der Waals surface area contributed by atoms with Crippen LogP contribution in [-0.2, 0) is 0 Å². The third-order valence-electron chi connectivity index (χ3n) is 3.26. The lowest BCUT2D eigenvalue weighted by molar-refractivity contribution is 0.546. The minimum absolute atomic E-state index is 0.147. The molecular weight excluding hydrogens is 223 g/mol. The van der Waals surface area contributed by atoms with Crippen molar-refractivity contribution in [2.45, 2.75) is 59.8 Å². The summed E-state index contributed by atoms with van der Waals surface area (Å²) in [6.07, 6.45) is 11.2. The first-order valence-corrected chi connectivity index (χ1v) is 7.25. The lowest BCUT2D eigenvalue weighted by Crippen LogP contribution is -2.02. The average Bonchev–Trinajstić information content (AvgIpc) is 2.35. The Morgan fingerprint density at radius 2 is 1.83 bits per heavy atom. The van der Waals surface area contributed by atoms with Crippen LogP contribution >= 0.6 is 0 Å². The molecule has 0 N–H and O–H groups in total. The molecule has 0 radical (unpaired) electrons. The van der Waals surface area contributed by atoms with Gasteiger partial charge in [-0.1, -0.05) is 65.2 Å². The van der Waals surface area contributed by atoms with Crippen LogP contribution in [0.2, 0.25) is 0 Å². The summed E-state index contributed by atoms with van der Waals surface area (Å²) in [4.78, 5) is 0. The SMILES string of the molecule is C=C/C(F)=C\C(C)/C=C(/CCC)C(C)CCCC. The summed E-state index contributed by atoms with van der Waals surface area (Å²) < 4.78 is 13.1. The van der Waals surface area contributed by atoms with Gasteiger partial charge in [-0.2, -0.15) is 0 Å². The second kappa shape index (κ2) is 10.1. The van der Waals surface area contributed by atoms with E-state index in [1.54, 1.807) is 6.08 Å². The van der Waals surface area contributed by atoms with Crippen LogP contribution in [0.5, 0.6) is 0 Å². The highest BCUT2D eigenvalue weighted by Gasteiger charge is 2.09. The van der Waals surface area contributed by atoms with Gasteiger partial charge in [0.15, 0.2) is 0 Å². The van der Waals surface area contributed by atoms with Crippen molar-refractivity contribution < 1.29 is 4.39 Å². The molecule has 0 fully saturated rings. The lowest BCUT2D eigenvalue weighted by atomic mass is 9.89. The molecule has 2 atom stereocenters. The number of allylic oxidation sites excluding steroid dienone is 5. The zero-order valence-electron chi connectivity index (χ0n) is 12.5. The molecule has 0 aliphatic rings. The Labute approximate surface area is 113 Å². The van der Waals surface area contributed by atoms with Crippen LogP contribution in [0, 0.1) is 11.8 Å². The molecule has 104 valence electrons. The van der Waals surface area contributed by atoms with Crippen LogP contribution in [0.3, 0.4) is 0 Å².